The summed E-state index contributed by atoms with van der Waals surface area (Å²) >= 11 is 3.51. The van der Waals surface area contributed by atoms with Gasteiger partial charge >= 0.3 is 0 Å². The van der Waals surface area contributed by atoms with Gasteiger partial charge in [0, 0.05) is 4.47 Å². The second-order valence-corrected chi connectivity index (χ2v) is 5.34. The monoisotopic (exact) mass is 328 g/mol. The molecule has 0 aliphatic rings. The Morgan fingerprint density at radius 3 is 2.90 bits per heavy atom. The molecule has 0 saturated heterocycles. The van der Waals surface area contributed by atoms with Gasteiger partial charge in [-0.2, -0.15) is 5.10 Å². The van der Waals surface area contributed by atoms with Crippen molar-refractivity contribution in [2.75, 3.05) is 5.43 Å². The normalized spacial score (nSPS) is 11.3. The summed E-state index contributed by atoms with van der Waals surface area (Å²) in [5, 5.41) is 4.19. The predicted octanol–water partition coefficient (Wildman–Crippen LogP) is 4.08. The first-order valence-corrected chi connectivity index (χ1v) is 7.02. The number of aromatic amines is 1. The molecule has 3 rings (SSSR count). The Kier molecular flexibility index (Phi) is 3.52. The number of hydrogen-bond acceptors (Lipinski definition) is 3. The van der Waals surface area contributed by atoms with E-state index in [1.807, 2.05) is 42.5 Å². The second-order valence-electron chi connectivity index (χ2n) is 4.48. The fourth-order valence-corrected chi connectivity index (χ4v) is 2.26. The van der Waals surface area contributed by atoms with Crippen LogP contribution in [-0.4, -0.2) is 16.2 Å². The number of hydrogen-bond donors (Lipinski definition) is 2. The first-order valence-electron chi connectivity index (χ1n) is 6.22. The number of benzene rings is 2. The van der Waals surface area contributed by atoms with Gasteiger partial charge in [-0.25, -0.2) is 10.4 Å². The Labute approximate surface area is 125 Å². The number of fused-ring (bicyclic) bond motifs is 1. The van der Waals surface area contributed by atoms with Crippen LogP contribution in [0.15, 0.2) is 52.0 Å². The fraction of sp³-hybridized carbons (Fsp3) is 0.0667. The number of aromatic nitrogens is 2. The third kappa shape index (κ3) is 2.72. The van der Waals surface area contributed by atoms with Crippen molar-refractivity contribution < 1.29 is 0 Å². The van der Waals surface area contributed by atoms with Crippen LogP contribution in [0.1, 0.15) is 11.1 Å². The lowest BCUT2D eigenvalue weighted by atomic mass is 10.2. The predicted molar refractivity (Wildman–Crippen MR) is 86.2 cm³/mol. The summed E-state index contributed by atoms with van der Waals surface area (Å²) in [6, 6.07) is 14.0. The number of imidazole rings is 1. The zero-order chi connectivity index (χ0) is 13.9. The Morgan fingerprint density at radius 1 is 1.25 bits per heavy atom. The van der Waals surface area contributed by atoms with Crippen LogP contribution in [0, 0.1) is 6.92 Å². The summed E-state index contributed by atoms with van der Waals surface area (Å²) < 4.78 is 1.07. The van der Waals surface area contributed by atoms with Crippen molar-refractivity contribution >= 4 is 39.1 Å². The van der Waals surface area contributed by atoms with E-state index in [4.69, 9.17) is 0 Å². The summed E-state index contributed by atoms with van der Waals surface area (Å²) in [6.45, 7) is 2.05. The molecule has 1 heterocycles. The second kappa shape index (κ2) is 5.46. The fourth-order valence-electron chi connectivity index (χ4n) is 1.86. The molecule has 3 aromatic rings. The number of halogens is 1. The summed E-state index contributed by atoms with van der Waals surface area (Å²) in [4.78, 5) is 7.54. The summed E-state index contributed by atoms with van der Waals surface area (Å²) in [5.41, 5.74) is 7.03. The van der Waals surface area contributed by atoms with Gasteiger partial charge in [-0.15, -0.1) is 0 Å². The van der Waals surface area contributed by atoms with Crippen LogP contribution in [0.2, 0.25) is 0 Å². The third-order valence-corrected chi connectivity index (χ3v) is 3.82. The van der Waals surface area contributed by atoms with Crippen molar-refractivity contribution in [3.8, 4) is 0 Å². The molecular formula is C15H13BrN4. The van der Waals surface area contributed by atoms with Crippen LogP contribution in [0.5, 0.6) is 0 Å². The lowest BCUT2D eigenvalue weighted by Crippen LogP contribution is -1.92. The van der Waals surface area contributed by atoms with E-state index in [1.54, 1.807) is 6.21 Å². The SMILES string of the molecule is Cc1ccc(/C=N/Nc2nc3ccccc3[nH]2)cc1Br. The summed E-state index contributed by atoms with van der Waals surface area (Å²) in [5.74, 6) is 0.633. The molecule has 0 atom stereocenters. The number of hydrazone groups is 1. The standard InChI is InChI=1S/C15H13BrN4/c1-10-6-7-11(8-12(10)16)9-17-20-15-18-13-4-2-3-5-14(13)19-15/h2-9H,1H3,(H2,18,19,20)/b17-9+. The number of aryl methyl sites for hydroxylation is 1. The molecule has 100 valence electrons. The zero-order valence-corrected chi connectivity index (χ0v) is 12.5. The van der Waals surface area contributed by atoms with E-state index in [9.17, 15) is 0 Å². The zero-order valence-electron chi connectivity index (χ0n) is 10.9. The number of para-hydroxylation sites is 2. The summed E-state index contributed by atoms with van der Waals surface area (Å²) in [6.07, 6.45) is 1.76. The number of H-pyrrole nitrogens is 1. The van der Waals surface area contributed by atoms with Gasteiger partial charge in [0.15, 0.2) is 0 Å². The van der Waals surface area contributed by atoms with Crippen molar-refractivity contribution in [3.05, 3.63) is 58.1 Å². The third-order valence-electron chi connectivity index (χ3n) is 2.97. The van der Waals surface area contributed by atoms with Gasteiger partial charge in [-0.3, -0.25) is 0 Å². The Bertz CT molecular complexity index is 743. The highest BCUT2D eigenvalue weighted by atomic mass is 79.9. The number of nitrogens with zero attached hydrogens (tertiary/aromatic N) is 2. The van der Waals surface area contributed by atoms with E-state index in [0.717, 1.165) is 21.1 Å². The molecular weight excluding hydrogens is 316 g/mol. The smallest absolute Gasteiger partial charge is 0.222 e. The molecule has 20 heavy (non-hydrogen) atoms. The maximum Gasteiger partial charge on any atom is 0.222 e. The minimum absolute atomic E-state index is 0.633. The van der Waals surface area contributed by atoms with Gasteiger partial charge in [0.2, 0.25) is 5.95 Å². The number of nitrogens with one attached hydrogen (secondary N) is 2. The van der Waals surface area contributed by atoms with Crippen LogP contribution in [0.4, 0.5) is 5.95 Å². The topological polar surface area (TPSA) is 53.1 Å². The molecule has 2 N–H and O–H groups in total. The van der Waals surface area contributed by atoms with Crippen LogP contribution >= 0.6 is 15.9 Å². The van der Waals surface area contributed by atoms with Crippen LogP contribution < -0.4 is 5.43 Å². The van der Waals surface area contributed by atoms with Crippen molar-refractivity contribution in [1.82, 2.24) is 9.97 Å². The van der Waals surface area contributed by atoms with Crippen molar-refractivity contribution in [1.29, 1.82) is 0 Å². The minimum Gasteiger partial charge on any atom is -0.323 e. The highest BCUT2D eigenvalue weighted by Crippen LogP contribution is 2.16. The van der Waals surface area contributed by atoms with Gasteiger partial charge in [0.1, 0.15) is 0 Å². The highest BCUT2D eigenvalue weighted by Gasteiger charge is 1.99. The first-order chi connectivity index (χ1) is 9.72. The van der Waals surface area contributed by atoms with Gasteiger partial charge in [-0.1, -0.05) is 40.2 Å². The Balaban J connectivity index is 1.75. The average Bonchev–Trinajstić information content (AvgIpc) is 2.85. The van der Waals surface area contributed by atoms with E-state index in [-0.39, 0.29) is 0 Å². The highest BCUT2D eigenvalue weighted by molar-refractivity contribution is 9.10. The molecule has 0 aliphatic carbocycles. The molecule has 0 saturated carbocycles. The number of rotatable bonds is 3. The van der Waals surface area contributed by atoms with Crippen molar-refractivity contribution in [3.63, 3.8) is 0 Å². The molecule has 2 aromatic carbocycles. The molecule has 0 bridgehead atoms. The van der Waals surface area contributed by atoms with Crippen LogP contribution in [0.25, 0.3) is 11.0 Å². The van der Waals surface area contributed by atoms with Gasteiger partial charge in [-0.05, 0) is 36.2 Å². The first kappa shape index (κ1) is 12.9. The molecule has 0 amide bonds. The molecule has 0 spiro atoms. The quantitative estimate of drug-likeness (QED) is 0.562. The molecule has 0 fully saturated rings. The van der Waals surface area contributed by atoms with Crippen LogP contribution in [0.3, 0.4) is 0 Å². The van der Waals surface area contributed by atoms with Crippen LogP contribution in [-0.2, 0) is 0 Å². The molecule has 4 nitrogen and oxygen atoms in total. The average molecular weight is 329 g/mol. The molecule has 0 radical (unpaired) electrons. The van der Waals surface area contributed by atoms with Gasteiger partial charge in [0.25, 0.3) is 0 Å². The van der Waals surface area contributed by atoms with E-state index in [0.29, 0.717) is 5.95 Å². The largest absolute Gasteiger partial charge is 0.323 e. The van der Waals surface area contributed by atoms with E-state index in [2.05, 4.69) is 43.3 Å². The van der Waals surface area contributed by atoms with E-state index >= 15 is 0 Å². The van der Waals surface area contributed by atoms with E-state index < -0.39 is 0 Å². The van der Waals surface area contributed by atoms with Crippen molar-refractivity contribution in [2.24, 2.45) is 5.10 Å². The molecule has 0 unspecified atom stereocenters. The lowest BCUT2D eigenvalue weighted by Gasteiger charge is -1.99. The minimum atomic E-state index is 0.633. The molecule has 0 aliphatic heterocycles. The maximum absolute atomic E-state index is 4.39. The Morgan fingerprint density at radius 2 is 2.10 bits per heavy atom. The maximum atomic E-state index is 4.39. The molecule has 5 heteroatoms. The Hall–Kier alpha value is -2.14. The van der Waals surface area contributed by atoms with E-state index in [1.165, 1.54) is 5.56 Å². The van der Waals surface area contributed by atoms with Crippen molar-refractivity contribution in [2.45, 2.75) is 6.92 Å². The summed E-state index contributed by atoms with van der Waals surface area (Å²) in [7, 11) is 0. The van der Waals surface area contributed by atoms with Gasteiger partial charge < -0.3 is 4.98 Å². The molecule has 1 aromatic heterocycles. The number of anilines is 1. The van der Waals surface area contributed by atoms with Gasteiger partial charge in [0.05, 0.1) is 17.2 Å². The lowest BCUT2D eigenvalue weighted by molar-refractivity contribution is 1.21.